The van der Waals surface area contributed by atoms with Crippen LogP contribution in [0.2, 0.25) is 0 Å². The molecule has 0 amide bonds. The number of carbonyl (C=O) groups excluding carboxylic acids is 2. The summed E-state index contributed by atoms with van der Waals surface area (Å²) < 4.78 is 10.0. The molecule has 4 heteroatoms. The molecule has 0 saturated carbocycles. The fraction of sp³-hybridized carbons (Fsp3) is 0.429. The van der Waals surface area contributed by atoms with Crippen molar-refractivity contribution >= 4 is 11.8 Å². The van der Waals surface area contributed by atoms with Crippen molar-refractivity contribution in [2.75, 3.05) is 6.61 Å². The van der Waals surface area contributed by atoms with Crippen molar-refractivity contribution in [2.24, 2.45) is 0 Å². The SMILES string of the molecule is CC.CCOC(=O)C(Oc1ccccc1)C(C)=O. The lowest BCUT2D eigenvalue weighted by Gasteiger charge is -2.14. The summed E-state index contributed by atoms with van der Waals surface area (Å²) in [5.41, 5.74) is 0. The first kappa shape index (κ1) is 16.2. The van der Waals surface area contributed by atoms with E-state index >= 15 is 0 Å². The normalized spacial score (nSPS) is 10.7. The minimum absolute atomic E-state index is 0.223. The summed E-state index contributed by atoms with van der Waals surface area (Å²) in [7, 11) is 0. The fourth-order valence-electron chi connectivity index (χ4n) is 1.15. The molecule has 0 radical (unpaired) electrons. The zero-order valence-electron chi connectivity index (χ0n) is 11.3. The Labute approximate surface area is 108 Å². The van der Waals surface area contributed by atoms with Gasteiger partial charge in [0.1, 0.15) is 5.75 Å². The molecule has 0 saturated heterocycles. The highest BCUT2D eigenvalue weighted by Crippen LogP contribution is 2.12. The van der Waals surface area contributed by atoms with Gasteiger partial charge >= 0.3 is 5.97 Å². The zero-order chi connectivity index (χ0) is 14.0. The van der Waals surface area contributed by atoms with Gasteiger partial charge in [0.05, 0.1) is 6.61 Å². The van der Waals surface area contributed by atoms with Crippen LogP contribution in [0.3, 0.4) is 0 Å². The Bertz CT molecular complexity index is 359. The number of ketones is 1. The molecular formula is C14H20O4. The Balaban J connectivity index is 0.00000137. The predicted molar refractivity (Wildman–Crippen MR) is 69.5 cm³/mol. The molecule has 0 spiro atoms. The van der Waals surface area contributed by atoms with Crippen LogP contribution in [0.5, 0.6) is 5.75 Å². The number of hydrogen-bond donors (Lipinski definition) is 0. The lowest BCUT2D eigenvalue weighted by Crippen LogP contribution is -2.35. The standard InChI is InChI=1S/C12H14O4.C2H6/c1-3-15-12(14)11(9(2)13)16-10-7-5-4-6-8-10;1-2/h4-8,11H,3H2,1-2H3;1-2H3. The van der Waals surface area contributed by atoms with Crippen LogP contribution < -0.4 is 4.74 Å². The Morgan fingerprint density at radius 3 is 2.17 bits per heavy atom. The number of esters is 1. The Morgan fingerprint density at radius 1 is 1.17 bits per heavy atom. The van der Waals surface area contributed by atoms with E-state index < -0.39 is 12.1 Å². The molecule has 100 valence electrons. The molecule has 0 aliphatic carbocycles. The van der Waals surface area contributed by atoms with Crippen LogP contribution in [0.1, 0.15) is 27.7 Å². The second-order valence-corrected chi connectivity index (χ2v) is 3.17. The van der Waals surface area contributed by atoms with Gasteiger partial charge in [-0.1, -0.05) is 32.0 Å². The van der Waals surface area contributed by atoms with Crippen molar-refractivity contribution in [1.82, 2.24) is 0 Å². The first-order chi connectivity index (χ1) is 8.65. The summed E-state index contributed by atoms with van der Waals surface area (Å²) in [6.07, 6.45) is -1.18. The van der Waals surface area contributed by atoms with E-state index in [1.807, 2.05) is 19.9 Å². The van der Waals surface area contributed by atoms with E-state index in [2.05, 4.69) is 0 Å². The molecule has 0 bridgehead atoms. The topological polar surface area (TPSA) is 52.6 Å². The minimum atomic E-state index is -1.18. The maximum atomic E-state index is 11.4. The van der Waals surface area contributed by atoms with E-state index in [0.717, 1.165) is 0 Å². The quantitative estimate of drug-likeness (QED) is 0.597. The molecule has 4 nitrogen and oxygen atoms in total. The molecule has 0 fully saturated rings. The Kier molecular flexibility index (Phi) is 8.27. The third-order valence-corrected chi connectivity index (χ3v) is 1.87. The van der Waals surface area contributed by atoms with Crippen LogP contribution >= 0.6 is 0 Å². The average molecular weight is 252 g/mol. The lowest BCUT2D eigenvalue weighted by atomic mass is 10.2. The summed E-state index contributed by atoms with van der Waals surface area (Å²) in [6, 6.07) is 8.69. The monoisotopic (exact) mass is 252 g/mol. The van der Waals surface area contributed by atoms with Crippen molar-refractivity contribution in [1.29, 1.82) is 0 Å². The molecule has 1 aromatic carbocycles. The molecule has 18 heavy (non-hydrogen) atoms. The first-order valence-corrected chi connectivity index (χ1v) is 6.04. The van der Waals surface area contributed by atoms with E-state index in [9.17, 15) is 9.59 Å². The van der Waals surface area contributed by atoms with E-state index in [1.54, 1.807) is 31.2 Å². The molecule has 0 N–H and O–H groups in total. The molecule has 0 aliphatic heterocycles. The number of hydrogen-bond acceptors (Lipinski definition) is 4. The summed E-state index contributed by atoms with van der Waals surface area (Å²) >= 11 is 0. The van der Waals surface area contributed by atoms with Crippen LogP contribution in [-0.4, -0.2) is 24.5 Å². The van der Waals surface area contributed by atoms with Gasteiger partial charge in [0.2, 0.25) is 0 Å². The highest BCUT2D eigenvalue weighted by atomic mass is 16.6. The van der Waals surface area contributed by atoms with Crippen LogP contribution in [0.25, 0.3) is 0 Å². The van der Waals surface area contributed by atoms with Crippen LogP contribution in [0, 0.1) is 0 Å². The van der Waals surface area contributed by atoms with Crippen molar-refractivity contribution in [2.45, 2.75) is 33.8 Å². The van der Waals surface area contributed by atoms with Gasteiger partial charge in [-0.15, -0.1) is 0 Å². The van der Waals surface area contributed by atoms with Crippen molar-refractivity contribution in [3.05, 3.63) is 30.3 Å². The Hall–Kier alpha value is -1.84. The maximum Gasteiger partial charge on any atom is 0.355 e. The van der Waals surface area contributed by atoms with Gasteiger partial charge in [0.15, 0.2) is 5.78 Å². The summed E-state index contributed by atoms with van der Waals surface area (Å²) in [6.45, 7) is 7.20. The van der Waals surface area contributed by atoms with Gasteiger partial charge in [-0.3, -0.25) is 4.79 Å². The molecule has 0 aromatic heterocycles. The fourth-order valence-corrected chi connectivity index (χ4v) is 1.15. The largest absolute Gasteiger partial charge is 0.471 e. The number of carbonyl (C=O) groups is 2. The van der Waals surface area contributed by atoms with Crippen molar-refractivity contribution in [3.8, 4) is 5.75 Å². The van der Waals surface area contributed by atoms with E-state index in [4.69, 9.17) is 9.47 Å². The van der Waals surface area contributed by atoms with Gasteiger partial charge in [-0.2, -0.15) is 0 Å². The molecular weight excluding hydrogens is 232 g/mol. The maximum absolute atomic E-state index is 11.4. The highest BCUT2D eigenvalue weighted by molar-refractivity contribution is 6.01. The smallest absolute Gasteiger partial charge is 0.355 e. The van der Waals surface area contributed by atoms with Gasteiger partial charge in [-0.25, -0.2) is 4.79 Å². The molecule has 0 heterocycles. The molecule has 1 unspecified atom stereocenters. The molecule has 1 atom stereocenters. The van der Waals surface area contributed by atoms with Gasteiger partial charge in [-0.05, 0) is 26.0 Å². The zero-order valence-corrected chi connectivity index (χ0v) is 11.3. The van der Waals surface area contributed by atoms with Gasteiger partial charge in [0.25, 0.3) is 6.10 Å². The average Bonchev–Trinajstić information content (AvgIpc) is 2.39. The molecule has 1 rings (SSSR count). The van der Waals surface area contributed by atoms with E-state index in [1.165, 1.54) is 6.92 Å². The third-order valence-electron chi connectivity index (χ3n) is 1.87. The van der Waals surface area contributed by atoms with Crippen LogP contribution in [-0.2, 0) is 14.3 Å². The van der Waals surface area contributed by atoms with Crippen LogP contribution in [0.15, 0.2) is 30.3 Å². The summed E-state index contributed by atoms with van der Waals surface area (Å²) in [5, 5.41) is 0. The highest BCUT2D eigenvalue weighted by Gasteiger charge is 2.26. The van der Waals surface area contributed by atoms with E-state index in [-0.39, 0.29) is 12.4 Å². The van der Waals surface area contributed by atoms with Crippen molar-refractivity contribution in [3.63, 3.8) is 0 Å². The number of rotatable bonds is 5. The third kappa shape index (κ3) is 5.48. The molecule has 1 aromatic rings. The summed E-state index contributed by atoms with van der Waals surface area (Å²) in [5.74, 6) is -0.558. The first-order valence-electron chi connectivity index (χ1n) is 6.04. The van der Waals surface area contributed by atoms with Crippen LogP contribution in [0.4, 0.5) is 0 Å². The Morgan fingerprint density at radius 2 is 1.72 bits per heavy atom. The van der Waals surface area contributed by atoms with E-state index in [0.29, 0.717) is 5.75 Å². The second-order valence-electron chi connectivity index (χ2n) is 3.17. The van der Waals surface area contributed by atoms with Gasteiger partial charge < -0.3 is 9.47 Å². The minimum Gasteiger partial charge on any atom is -0.471 e. The summed E-state index contributed by atoms with van der Waals surface area (Å²) in [4.78, 5) is 22.7. The van der Waals surface area contributed by atoms with Crippen molar-refractivity contribution < 1.29 is 19.1 Å². The number of Topliss-reactive ketones (excluding diaryl/α,β-unsaturated/α-hetero) is 1. The molecule has 0 aliphatic rings. The lowest BCUT2D eigenvalue weighted by molar-refractivity contribution is -0.154. The predicted octanol–water partition coefficient (Wildman–Crippen LogP) is 2.61. The number of ether oxygens (including phenoxy) is 2. The number of para-hydroxylation sites is 1. The number of benzene rings is 1. The second kappa shape index (κ2) is 9.22. The van der Waals surface area contributed by atoms with Gasteiger partial charge in [0, 0.05) is 0 Å².